The third-order valence-corrected chi connectivity index (χ3v) is 2.45. The van der Waals surface area contributed by atoms with Gasteiger partial charge in [-0.25, -0.2) is 0 Å². The molecular formula is C13H17NO4. The van der Waals surface area contributed by atoms with Crippen LogP contribution in [0, 0.1) is 0 Å². The van der Waals surface area contributed by atoms with Crippen LogP contribution in [-0.2, 0) is 16.0 Å². The second kappa shape index (κ2) is 6.64. The number of carbonyl (C=O) groups is 2. The van der Waals surface area contributed by atoms with Crippen LogP contribution >= 0.6 is 0 Å². The lowest BCUT2D eigenvalue weighted by Gasteiger charge is -2.10. The molecule has 1 rings (SSSR count). The summed E-state index contributed by atoms with van der Waals surface area (Å²) in [6.07, 6.45) is 0.941. The molecule has 0 saturated heterocycles. The summed E-state index contributed by atoms with van der Waals surface area (Å²) in [5.41, 5.74) is 1.19. The van der Waals surface area contributed by atoms with Crippen LogP contribution in [0.25, 0.3) is 0 Å². The Bertz CT molecular complexity index is 414. The first-order chi connectivity index (χ1) is 8.52. The molecule has 0 saturated carbocycles. The Morgan fingerprint density at radius 3 is 2.44 bits per heavy atom. The van der Waals surface area contributed by atoms with E-state index in [1.165, 1.54) is 12.5 Å². The van der Waals surface area contributed by atoms with Crippen molar-refractivity contribution in [2.24, 2.45) is 0 Å². The van der Waals surface area contributed by atoms with E-state index < -0.39 is 17.9 Å². The topological polar surface area (TPSA) is 75.6 Å². The van der Waals surface area contributed by atoms with Gasteiger partial charge in [0.1, 0.15) is 11.8 Å². The number of aryl methyl sites for hydroxylation is 1. The zero-order valence-electron chi connectivity index (χ0n) is 10.5. The number of carboxylic acids is 1. The lowest BCUT2D eigenvalue weighted by molar-refractivity contribution is -0.141. The first-order valence-corrected chi connectivity index (χ1v) is 5.76. The SMILES string of the molecule is CCc1ccc(OCC(=O)N[C@H](C)C(=O)O)cc1. The largest absolute Gasteiger partial charge is 0.484 e. The van der Waals surface area contributed by atoms with Crippen LogP contribution in [0.1, 0.15) is 19.4 Å². The Labute approximate surface area is 106 Å². The quantitative estimate of drug-likeness (QED) is 0.797. The van der Waals surface area contributed by atoms with Crippen LogP contribution in [0.5, 0.6) is 5.75 Å². The molecule has 0 aliphatic carbocycles. The van der Waals surface area contributed by atoms with Crippen LogP contribution in [-0.4, -0.2) is 29.6 Å². The number of nitrogens with one attached hydrogen (secondary N) is 1. The van der Waals surface area contributed by atoms with Gasteiger partial charge < -0.3 is 15.2 Å². The summed E-state index contributed by atoms with van der Waals surface area (Å²) >= 11 is 0. The first-order valence-electron chi connectivity index (χ1n) is 5.76. The molecule has 2 N–H and O–H groups in total. The molecule has 1 amide bonds. The predicted octanol–water partition coefficient (Wildman–Crippen LogP) is 1.22. The molecule has 0 aliphatic heterocycles. The van der Waals surface area contributed by atoms with Crippen molar-refractivity contribution >= 4 is 11.9 Å². The summed E-state index contributed by atoms with van der Waals surface area (Å²) < 4.78 is 5.24. The van der Waals surface area contributed by atoms with Gasteiger partial charge in [-0.2, -0.15) is 0 Å². The standard InChI is InChI=1S/C13H17NO4/c1-3-10-4-6-11(7-5-10)18-8-12(15)14-9(2)13(16)17/h4-7,9H,3,8H2,1-2H3,(H,14,15)(H,16,17)/t9-/m1/s1. The minimum atomic E-state index is -1.07. The highest BCUT2D eigenvalue weighted by Gasteiger charge is 2.13. The lowest BCUT2D eigenvalue weighted by atomic mass is 10.2. The molecule has 0 aliphatic rings. The number of aliphatic carboxylic acids is 1. The fourth-order valence-electron chi connectivity index (χ4n) is 1.32. The fraction of sp³-hybridized carbons (Fsp3) is 0.385. The molecular weight excluding hydrogens is 234 g/mol. The molecule has 98 valence electrons. The van der Waals surface area contributed by atoms with E-state index in [1.807, 2.05) is 12.1 Å². The Morgan fingerprint density at radius 1 is 1.33 bits per heavy atom. The summed E-state index contributed by atoms with van der Waals surface area (Å²) in [4.78, 5) is 21.9. The number of carbonyl (C=O) groups excluding carboxylic acids is 1. The Kier molecular flexibility index (Phi) is 5.17. The zero-order chi connectivity index (χ0) is 13.5. The van der Waals surface area contributed by atoms with E-state index in [0.717, 1.165) is 6.42 Å². The fourth-order valence-corrected chi connectivity index (χ4v) is 1.32. The molecule has 0 spiro atoms. The highest BCUT2D eigenvalue weighted by atomic mass is 16.5. The summed E-state index contributed by atoms with van der Waals surface area (Å²) in [6.45, 7) is 3.26. The smallest absolute Gasteiger partial charge is 0.325 e. The normalized spacial score (nSPS) is 11.7. The lowest BCUT2D eigenvalue weighted by Crippen LogP contribution is -2.40. The Balaban J connectivity index is 2.40. The van der Waals surface area contributed by atoms with Crippen molar-refractivity contribution in [2.45, 2.75) is 26.3 Å². The van der Waals surface area contributed by atoms with Crippen molar-refractivity contribution in [1.82, 2.24) is 5.32 Å². The molecule has 0 fully saturated rings. The second-order valence-electron chi connectivity index (χ2n) is 3.91. The van der Waals surface area contributed by atoms with Gasteiger partial charge in [0.15, 0.2) is 6.61 Å². The maximum Gasteiger partial charge on any atom is 0.325 e. The second-order valence-corrected chi connectivity index (χ2v) is 3.91. The van der Waals surface area contributed by atoms with Crippen molar-refractivity contribution in [2.75, 3.05) is 6.61 Å². The monoisotopic (exact) mass is 251 g/mol. The highest BCUT2D eigenvalue weighted by Crippen LogP contribution is 2.12. The van der Waals surface area contributed by atoms with Gasteiger partial charge >= 0.3 is 5.97 Å². The average Bonchev–Trinajstić information content (AvgIpc) is 2.36. The number of rotatable bonds is 6. The van der Waals surface area contributed by atoms with E-state index in [4.69, 9.17) is 9.84 Å². The van der Waals surface area contributed by atoms with Crippen LogP contribution in [0.3, 0.4) is 0 Å². The molecule has 5 nitrogen and oxygen atoms in total. The highest BCUT2D eigenvalue weighted by molar-refractivity contribution is 5.84. The molecule has 18 heavy (non-hydrogen) atoms. The van der Waals surface area contributed by atoms with Crippen LogP contribution in [0.15, 0.2) is 24.3 Å². The molecule has 0 unspecified atom stereocenters. The molecule has 0 bridgehead atoms. The number of ether oxygens (including phenoxy) is 1. The number of hydrogen-bond donors (Lipinski definition) is 2. The Hall–Kier alpha value is -2.04. The zero-order valence-corrected chi connectivity index (χ0v) is 10.5. The van der Waals surface area contributed by atoms with E-state index in [-0.39, 0.29) is 6.61 Å². The van der Waals surface area contributed by atoms with Gasteiger partial charge in [-0.1, -0.05) is 19.1 Å². The molecule has 0 heterocycles. The van der Waals surface area contributed by atoms with Gasteiger partial charge in [-0.05, 0) is 31.0 Å². The average molecular weight is 251 g/mol. The van der Waals surface area contributed by atoms with Crippen molar-refractivity contribution in [1.29, 1.82) is 0 Å². The summed E-state index contributed by atoms with van der Waals surface area (Å²) in [7, 11) is 0. The van der Waals surface area contributed by atoms with Crippen LogP contribution in [0.4, 0.5) is 0 Å². The molecule has 0 aromatic heterocycles. The van der Waals surface area contributed by atoms with E-state index in [9.17, 15) is 9.59 Å². The van der Waals surface area contributed by atoms with Gasteiger partial charge in [-0.3, -0.25) is 9.59 Å². The van der Waals surface area contributed by atoms with E-state index in [2.05, 4.69) is 12.2 Å². The third kappa shape index (κ3) is 4.45. The van der Waals surface area contributed by atoms with Gasteiger partial charge in [0, 0.05) is 0 Å². The van der Waals surface area contributed by atoms with Crippen molar-refractivity contribution in [3.05, 3.63) is 29.8 Å². The number of benzene rings is 1. The van der Waals surface area contributed by atoms with Crippen LogP contribution < -0.4 is 10.1 Å². The number of hydrogen-bond acceptors (Lipinski definition) is 3. The molecule has 1 atom stereocenters. The van der Waals surface area contributed by atoms with Crippen molar-refractivity contribution in [3.63, 3.8) is 0 Å². The minimum absolute atomic E-state index is 0.191. The molecule has 0 radical (unpaired) electrons. The Morgan fingerprint density at radius 2 is 1.94 bits per heavy atom. The van der Waals surface area contributed by atoms with Gasteiger partial charge in [-0.15, -0.1) is 0 Å². The number of amides is 1. The molecule has 5 heteroatoms. The number of carboxylic acid groups (broad SMARTS) is 1. The summed E-state index contributed by atoms with van der Waals surface area (Å²) in [6, 6.07) is 6.50. The maximum absolute atomic E-state index is 11.4. The van der Waals surface area contributed by atoms with Crippen LogP contribution in [0.2, 0.25) is 0 Å². The van der Waals surface area contributed by atoms with Gasteiger partial charge in [0.2, 0.25) is 0 Å². The summed E-state index contributed by atoms with van der Waals surface area (Å²) in [5.74, 6) is -0.939. The van der Waals surface area contributed by atoms with E-state index in [1.54, 1.807) is 12.1 Å². The van der Waals surface area contributed by atoms with Crippen molar-refractivity contribution in [3.8, 4) is 5.75 Å². The summed E-state index contributed by atoms with van der Waals surface area (Å²) in [5, 5.41) is 10.9. The van der Waals surface area contributed by atoms with Gasteiger partial charge in [0.05, 0.1) is 0 Å². The minimum Gasteiger partial charge on any atom is -0.484 e. The molecule has 1 aromatic carbocycles. The maximum atomic E-state index is 11.4. The van der Waals surface area contributed by atoms with Gasteiger partial charge in [0.25, 0.3) is 5.91 Å². The van der Waals surface area contributed by atoms with E-state index in [0.29, 0.717) is 5.75 Å². The molecule has 1 aromatic rings. The predicted molar refractivity (Wildman–Crippen MR) is 66.6 cm³/mol. The van der Waals surface area contributed by atoms with E-state index >= 15 is 0 Å². The van der Waals surface area contributed by atoms with Crippen molar-refractivity contribution < 1.29 is 19.4 Å². The first kappa shape index (κ1) is 14.0. The third-order valence-electron chi connectivity index (χ3n) is 2.45.